The number of ether oxygens (including phenoxy) is 6. The molecule has 0 aliphatic carbocycles. The van der Waals surface area contributed by atoms with Gasteiger partial charge < -0.3 is 37.4 Å². The highest BCUT2D eigenvalue weighted by Crippen LogP contribution is 2.51. The van der Waals surface area contributed by atoms with Crippen molar-refractivity contribution in [1.82, 2.24) is 0 Å². The van der Waals surface area contributed by atoms with E-state index >= 15 is 0 Å². The second-order valence-corrected chi connectivity index (χ2v) is 12.5. The molecule has 1 aromatic heterocycles. The summed E-state index contributed by atoms with van der Waals surface area (Å²) < 4.78 is 60.1. The van der Waals surface area contributed by atoms with Crippen molar-refractivity contribution in [3.05, 3.63) is 113 Å². The minimum atomic E-state index is -3.62. The molecule has 0 N–H and O–H groups in total. The van der Waals surface area contributed by atoms with E-state index in [9.17, 15) is 9.36 Å². The van der Waals surface area contributed by atoms with Gasteiger partial charge in [-0.1, -0.05) is 66.7 Å². The summed E-state index contributed by atoms with van der Waals surface area (Å²) in [6.07, 6.45) is -0.424. The van der Waals surface area contributed by atoms with E-state index in [2.05, 4.69) is 0 Å². The third kappa shape index (κ3) is 7.54. The van der Waals surface area contributed by atoms with Crippen molar-refractivity contribution >= 4 is 18.3 Å². The van der Waals surface area contributed by atoms with Gasteiger partial charge in [0.1, 0.15) is 12.7 Å². The van der Waals surface area contributed by atoms with Gasteiger partial charge in [-0.25, -0.2) is 4.79 Å². The lowest BCUT2D eigenvalue weighted by molar-refractivity contribution is 0.131. The monoisotopic (exact) mass is 646 g/mol. The van der Waals surface area contributed by atoms with Gasteiger partial charge in [0.15, 0.2) is 22.8 Å². The lowest BCUT2D eigenvalue weighted by Crippen LogP contribution is -2.09. The Morgan fingerprint density at radius 1 is 0.630 bits per heavy atom. The van der Waals surface area contributed by atoms with Crippen LogP contribution in [0.5, 0.6) is 28.7 Å². The first-order valence-corrected chi connectivity index (χ1v) is 16.3. The number of rotatable bonds is 15. The average molecular weight is 647 g/mol. The van der Waals surface area contributed by atoms with E-state index in [4.69, 9.17) is 37.4 Å². The van der Waals surface area contributed by atoms with Crippen LogP contribution in [0.1, 0.15) is 11.1 Å². The summed E-state index contributed by atoms with van der Waals surface area (Å²) in [6.45, 7) is 0.478. The Labute approximate surface area is 266 Å². The molecule has 5 aromatic rings. The molecule has 0 saturated carbocycles. The average Bonchev–Trinajstić information content (AvgIpc) is 3.08. The first-order chi connectivity index (χ1) is 22.4. The third-order valence-electron chi connectivity index (χ3n) is 7.08. The summed E-state index contributed by atoms with van der Waals surface area (Å²) in [5.41, 5.74) is 2.47. The second-order valence-electron chi connectivity index (χ2n) is 10.2. The maximum Gasteiger partial charge on any atom is 0.336 e. The molecule has 1 heterocycles. The summed E-state index contributed by atoms with van der Waals surface area (Å²) in [5.74, 6) is 1.38. The minimum Gasteiger partial charge on any atom is -0.493 e. The zero-order valence-corrected chi connectivity index (χ0v) is 26.9. The second kappa shape index (κ2) is 15.0. The number of benzene rings is 4. The zero-order chi connectivity index (χ0) is 32.5. The summed E-state index contributed by atoms with van der Waals surface area (Å²) in [5, 5.41) is 0.519. The van der Waals surface area contributed by atoms with Crippen molar-refractivity contribution in [3.63, 3.8) is 0 Å². The number of methoxy groups -OCH3 is 4. The molecule has 0 unspecified atom stereocenters. The fourth-order valence-electron chi connectivity index (χ4n) is 4.93. The molecular weight excluding hydrogens is 611 g/mol. The predicted molar refractivity (Wildman–Crippen MR) is 175 cm³/mol. The molecule has 10 nitrogen and oxygen atoms in total. The van der Waals surface area contributed by atoms with E-state index in [-0.39, 0.29) is 48.7 Å². The molecule has 46 heavy (non-hydrogen) atoms. The van der Waals surface area contributed by atoms with E-state index in [0.717, 1.165) is 11.1 Å². The first-order valence-electron chi connectivity index (χ1n) is 14.3. The van der Waals surface area contributed by atoms with Crippen LogP contribution in [-0.2, 0) is 27.3 Å². The molecular formula is C35H35O10P. The Bertz CT molecular complexity index is 1820. The van der Waals surface area contributed by atoms with Gasteiger partial charge in [0.25, 0.3) is 7.37 Å². The number of hydrogen-bond donors (Lipinski definition) is 0. The molecule has 0 radical (unpaired) electrons. The Kier molecular flexibility index (Phi) is 10.6. The summed E-state index contributed by atoms with van der Waals surface area (Å²) in [6, 6.07) is 27.3. The zero-order valence-electron chi connectivity index (χ0n) is 26.0. The Balaban J connectivity index is 1.51. The molecule has 0 aliphatic heterocycles. The van der Waals surface area contributed by atoms with Crippen LogP contribution in [0.15, 0.2) is 100 Å². The van der Waals surface area contributed by atoms with Gasteiger partial charge in [-0.2, -0.15) is 0 Å². The maximum absolute atomic E-state index is 14.3. The molecule has 0 bridgehead atoms. The largest absolute Gasteiger partial charge is 0.493 e. The SMILES string of the molecule is COc1ccc(-c2cc(=O)oc3c(OC)c(OC)c(OC)cc23)cc1OP(=O)(COCc1ccccc1)COCc1ccccc1. The van der Waals surface area contributed by atoms with Gasteiger partial charge in [-0.3, -0.25) is 4.57 Å². The molecule has 240 valence electrons. The summed E-state index contributed by atoms with van der Waals surface area (Å²) in [4.78, 5) is 12.8. The van der Waals surface area contributed by atoms with Gasteiger partial charge in [0.2, 0.25) is 11.5 Å². The molecule has 0 fully saturated rings. The third-order valence-corrected chi connectivity index (χ3v) is 8.76. The standard InChI is InChI=1S/C35H35O10P/c1-38-29-16-15-26(27-19-32(36)44-33-28(27)18-31(39-2)34(40-3)35(33)41-4)17-30(29)45-46(37,22-42-20-24-11-7-5-8-12-24)23-43-21-25-13-9-6-10-14-25/h5-19H,20-23H2,1-4H3. The van der Waals surface area contributed by atoms with Crippen molar-refractivity contribution in [3.8, 4) is 39.9 Å². The molecule has 0 spiro atoms. The highest BCUT2D eigenvalue weighted by atomic mass is 31.2. The first kappa shape index (κ1) is 32.6. The highest BCUT2D eigenvalue weighted by molar-refractivity contribution is 7.59. The molecule has 5 rings (SSSR count). The van der Waals surface area contributed by atoms with E-state index < -0.39 is 13.0 Å². The van der Waals surface area contributed by atoms with Crippen molar-refractivity contribution in [2.45, 2.75) is 13.2 Å². The van der Waals surface area contributed by atoms with Crippen molar-refractivity contribution < 1.29 is 41.9 Å². The van der Waals surface area contributed by atoms with Crippen LogP contribution in [0.3, 0.4) is 0 Å². The van der Waals surface area contributed by atoms with Crippen LogP contribution in [0, 0.1) is 0 Å². The van der Waals surface area contributed by atoms with Crippen molar-refractivity contribution in [1.29, 1.82) is 0 Å². The van der Waals surface area contributed by atoms with Crippen LogP contribution in [0.4, 0.5) is 0 Å². The molecule has 0 amide bonds. The van der Waals surface area contributed by atoms with Crippen molar-refractivity contribution in [2.75, 3.05) is 41.1 Å². The fourth-order valence-corrected chi connectivity index (χ4v) is 6.35. The van der Waals surface area contributed by atoms with Crippen LogP contribution < -0.4 is 29.1 Å². The Hall–Kier alpha value is -4.76. The predicted octanol–water partition coefficient (Wildman–Crippen LogP) is 7.50. The van der Waals surface area contributed by atoms with Gasteiger partial charge >= 0.3 is 5.63 Å². The molecule has 0 aliphatic rings. The normalized spacial score (nSPS) is 11.3. The van der Waals surface area contributed by atoms with Crippen LogP contribution in [0.2, 0.25) is 0 Å². The summed E-state index contributed by atoms with van der Waals surface area (Å²) >= 11 is 0. The minimum absolute atomic E-state index is 0.176. The van der Waals surface area contributed by atoms with E-state index in [1.807, 2.05) is 60.7 Å². The molecule has 11 heteroatoms. The Morgan fingerprint density at radius 3 is 1.76 bits per heavy atom. The maximum atomic E-state index is 14.3. The lowest BCUT2D eigenvalue weighted by Gasteiger charge is -2.22. The van der Waals surface area contributed by atoms with Crippen LogP contribution in [-0.4, -0.2) is 41.1 Å². The fraction of sp³-hybridized carbons (Fsp3) is 0.229. The van der Waals surface area contributed by atoms with Gasteiger partial charge in [-0.05, 0) is 34.9 Å². The molecule has 4 aromatic carbocycles. The quantitative estimate of drug-likeness (QED) is 0.0837. The van der Waals surface area contributed by atoms with E-state index in [1.165, 1.54) is 34.5 Å². The number of hydrogen-bond acceptors (Lipinski definition) is 10. The topological polar surface area (TPSA) is 112 Å². The van der Waals surface area contributed by atoms with Gasteiger partial charge in [-0.15, -0.1) is 0 Å². The summed E-state index contributed by atoms with van der Waals surface area (Å²) in [7, 11) is 2.27. The van der Waals surface area contributed by atoms with Crippen molar-refractivity contribution in [2.24, 2.45) is 0 Å². The van der Waals surface area contributed by atoms with Crippen LogP contribution >= 0.6 is 7.37 Å². The molecule has 0 atom stereocenters. The highest BCUT2D eigenvalue weighted by Gasteiger charge is 2.29. The van der Waals surface area contributed by atoms with E-state index in [0.29, 0.717) is 28.0 Å². The Morgan fingerprint density at radius 2 is 1.22 bits per heavy atom. The molecule has 0 saturated heterocycles. The van der Waals surface area contributed by atoms with Gasteiger partial charge in [0.05, 0.1) is 41.7 Å². The lowest BCUT2D eigenvalue weighted by atomic mass is 10.0. The van der Waals surface area contributed by atoms with Gasteiger partial charge in [0, 0.05) is 17.0 Å². The smallest absolute Gasteiger partial charge is 0.336 e. The van der Waals surface area contributed by atoms with Crippen LogP contribution in [0.25, 0.3) is 22.1 Å². The number of fused-ring (bicyclic) bond motifs is 1. The van der Waals surface area contributed by atoms with E-state index in [1.54, 1.807) is 24.3 Å².